The van der Waals surface area contributed by atoms with E-state index in [2.05, 4.69) is 39.3 Å². The highest BCUT2D eigenvalue weighted by molar-refractivity contribution is 7.87. The number of hydrogen-bond donors (Lipinski definition) is 1. The molecule has 1 fully saturated rings. The molecule has 15 heavy (non-hydrogen) atoms. The summed E-state index contributed by atoms with van der Waals surface area (Å²) in [5, 5.41) is 0. The van der Waals surface area contributed by atoms with Gasteiger partial charge in [0.25, 0.3) is 10.2 Å². The van der Waals surface area contributed by atoms with Crippen molar-refractivity contribution in [1.29, 1.82) is 0 Å². The van der Waals surface area contributed by atoms with Gasteiger partial charge >= 0.3 is 0 Å². The first-order valence-electron chi connectivity index (χ1n) is 5.31. The summed E-state index contributed by atoms with van der Waals surface area (Å²) in [7, 11) is -3.20. The number of nitrogens with zero attached hydrogens (tertiary/aromatic N) is 1. The Labute approximate surface area is 93.2 Å². The van der Waals surface area contributed by atoms with Crippen molar-refractivity contribution < 1.29 is 8.42 Å². The van der Waals surface area contributed by atoms with E-state index >= 15 is 0 Å². The normalized spacial score (nSPS) is 19.3. The van der Waals surface area contributed by atoms with Crippen LogP contribution in [0.15, 0.2) is 0 Å². The van der Waals surface area contributed by atoms with Crippen LogP contribution in [0.1, 0.15) is 34.6 Å². The van der Waals surface area contributed by atoms with Crippen molar-refractivity contribution in [2.24, 2.45) is 10.8 Å². The van der Waals surface area contributed by atoms with Gasteiger partial charge in [0.2, 0.25) is 0 Å². The van der Waals surface area contributed by atoms with E-state index in [-0.39, 0.29) is 10.8 Å². The van der Waals surface area contributed by atoms with Gasteiger partial charge in [-0.1, -0.05) is 34.6 Å². The van der Waals surface area contributed by atoms with E-state index < -0.39 is 10.2 Å². The Kier molecular flexibility index (Phi) is 3.20. The second-order valence-corrected chi connectivity index (χ2v) is 7.61. The van der Waals surface area contributed by atoms with Crippen LogP contribution in [0.3, 0.4) is 0 Å². The highest BCUT2D eigenvalue weighted by Crippen LogP contribution is 2.37. The summed E-state index contributed by atoms with van der Waals surface area (Å²) in [5.41, 5.74) is 0.0183. The highest BCUT2D eigenvalue weighted by Gasteiger charge is 2.37. The molecule has 1 rings (SSSR count). The van der Waals surface area contributed by atoms with E-state index in [1.54, 1.807) is 0 Å². The van der Waals surface area contributed by atoms with Gasteiger partial charge in [0.05, 0.1) is 0 Å². The maximum absolute atomic E-state index is 11.6. The van der Waals surface area contributed by atoms with Crippen LogP contribution >= 0.6 is 0 Å². The van der Waals surface area contributed by atoms with Gasteiger partial charge in [-0.05, 0) is 10.8 Å². The molecular weight excluding hydrogens is 212 g/mol. The van der Waals surface area contributed by atoms with Crippen molar-refractivity contribution in [3.05, 3.63) is 0 Å². The fourth-order valence-electron chi connectivity index (χ4n) is 0.909. The van der Waals surface area contributed by atoms with E-state index in [1.165, 1.54) is 4.31 Å². The van der Waals surface area contributed by atoms with Crippen molar-refractivity contribution in [2.45, 2.75) is 34.6 Å². The molecule has 5 heteroatoms. The third kappa shape index (κ3) is 3.16. The van der Waals surface area contributed by atoms with Gasteiger partial charge < -0.3 is 0 Å². The van der Waals surface area contributed by atoms with Crippen LogP contribution in [0.2, 0.25) is 0 Å². The van der Waals surface area contributed by atoms with Crippen LogP contribution in [0.25, 0.3) is 0 Å². The molecule has 1 aliphatic heterocycles. The van der Waals surface area contributed by atoms with E-state index in [1.807, 2.05) is 0 Å². The first-order chi connectivity index (χ1) is 6.56. The number of rotatable bonds is 4. The standard InChI is InChI=1S/C10H22N2O2S/c1-9(2,3)10(4,5)8-11-15(13,14)12-6-7-12/h11H,6-8H2,1-5H3. The van der Waals surface area contributed by atoms with Crippen molar-refractivity contribution in [1.82, 2.24) is 9.03 Å². The van der Waals surface area contributed by atoms with Gasteiger partial charge in [-0.25, -0.2) is 4.72 Å². The Morgan fingerprint density at radius 3 is 1.93 bits per heavy atom. The molecule has 0 bridgehead atoms. The fourth-order valence-corrected chi connectivity index (χ4v) is 2.20. The first kappa shape index (κ1) is 12.9. The van der Waals surface area contributed by atoms with Gasteiger partial charge in [0.15, 0.2) is 0 Å². The van der Waals surface area contributed by atoms with E-state index in [9.17, 15) is 8.42 Å². The second-order valence-electron chi connectivity index (χ2n) is 5.86. The van der Waals surface area contributed by atoms with Crippen LogP contribution in [0.4, 0.5) is 0 Å². The predicted molar refractivity (Wildman–Crippen MR) is 61.7 cm³/mol. The topological polar surface area (TPSA) is 49.2 Å². The van der Waals surface area contributed by atoms with Crippen molar-refractivity contribution in [3.63, 3.8) is 0 Å². The molecule has 0 aliphatic carbocycles. The number of hydrogen-bond acceptors (Lipinski definition) is 2. The lowest BCUT2D eigenvalue weighted by atomic mass is 9.69. The molecule has 0 saturated carbocycles. The third-order valence-corrected chi connectivity index (χ3v) is 5.03. The maximum Gasteiger partial charge on any atom is 0.279 e. The first-order valence-corrected chi connectivity index (χ1v) is 6.75. The zero-order chi connectivity index (χ0) is 11.9. The maximum atomic E-state index is 11.6. The molecule has 0 aromatic rings. The van der Waals surface area contributed by atoms with Gasteiger partial charge in [-0.15, -0.1) is 0 Å². The molecule has 4 nitrogen and oxygen atoms in total. The molecule has 1 saturated heterocycles. The van der Waals surface area contributed by atoms with Gasteiger partial charge in [-0.2, -0.15) is 12.7 Å². The Balaban J connectivity index is 2.56. The zero-order valence-corrected chi connectivity index (χ0v) is 11.1. The summed E-state index contributed by atoms with van der Waals surface area (Å²) in [5.74, 6) is 0. The lowest BCUT2D eigenvalue weighted by molar-refractivity contribution is 0.137. The summed E-state index contributed by atoms with van der Waals surface area (Å²) in [6, 6.07) is 0. The molecule has 0 radical (unpaired) electrons. The van der Waals surface area contributed by atoms with Gasteiger partial charge in [-0.3, -0.25) is 0 Å². The fraction of sp³-hybridized carbons (Fsp3) is 1.00. The molecule has 0 unspecified atom stereocenters. The molecule has 0 aromatic carbocycles. The van der Waals surface area contributed by atoms with Crippen LogP contribution in [0, 0.1) is 10.8 Å². The highest BCUT2D eigenvalue weighted by atomic mass is 32.2. The predicted octanol–water partition coefficient (Wildman–Crippen LogP) is 1.21. The Morgan fingerprint density at radius 2 is 1.60 bits per heavy atom. The monoisotopic (exact) mass is 234 g/mol. The van der Waals surface area contributed by atoms with Crippen LogP contribution < -0.4 is 4.72 Å². The molecular formula is C10H22N2O2S. The largest absolute Gasteiger partial charge is 0.279 e. The van der Waals surface area contributed by atoms with Crippen LogP contribution in [0.5, 0.6) is 0 Å². The summed E-state index contributed by atoms with van der Waals surface area (Å²) in [6.45, 7) is 12.3. The van der Waals surface area contributed by atoms with Gasteiger partial charge in [0.1, 0.15) is 0 Å². The van der Waals surface area contributed by atoms with Crippen LogP contribution in [-0.2, 0) is 10.2 Å². The van der Waals surface area contributed by atoms with E-state index in [0.717, 1.165) is 0 Å². The smallest absolute Gasteiger partial charge is 0.202 e. The SMILES string of the molecule is CC(C)(C)C(C)(C)CNS(=O)(=O)N1CC1. The second kappa shape index (κ2) is 3.71. The Morgan fingerprint density at radius 1 is 1.13 bits per heavy atom. The Hall–Kier alpha value is -0.130. The molecule has 90 valence electrons. The van der Waals surface area contributed by atoms with E-state index in [4.69, 9.17) is 0 Å². The van der Waals surface area contributed by atoms with Crippen molar-refractivity contribution in [3.8, 4) is 0 Å². The zero-order valence-electron chi connectivity index (χ0n) is 10.3. The number of nitrogens with one attached hydrogen (secondary N) is 1. The minimum absolute atomic E-state index is 0.0594. The minimum atomic E-state index is -3.20. The third-order valence-electron chi connectivity index (χ3n) is 3.47. The molecule has 0 amide bonds. The summed E-state index contributed by atoms with van der Waals surface area (Å²) >= 11 is 0. The van der Waals surface area contributed by atoms with Crippen molar-refractivity contribution >= 4 is 10.2 Å². The molecule has 1 heterocycles. The van der Waals surface area contributed by atoms with Crippen LogP contribution in [-0.4, -0.2) is 32.4 Å². The summed E-state index contributed by atoms with van der Waals surface area (Å²) < 4.78 is 27.3. The van der Waals surface area contributed by atoms with E-state index in [0.29, 0.717) is 19.6 Å². The molecule has 0 aromatic heterocycles. The lowest BCUT2D eigenvalue weighted by Gasteiger charge is -2.38. The molecule has 1 N–H and O–H groups in total. The van der Waals surface area contributed by atoms with Gasteiger partial charge in [0, 0.05) is 19.6 Å². The molecule has 1 aliphatic rings. The van der Waals surface area contributed by atoms with Crippen molar-refractivity contribution in [2.75, 3.05) is 19.6 Å². The quantitative estimate of drug-likeness (QED) is 0.743. The average Bonchev–Trinajstić information content (AvgIpc) is 2.81. The Bertz CT molecular complexity index is 324. The minimum Gasteiger partial charge on any atom is -0.202 e. The molecule has 0 spiro atoms. The summed E-state index contributed by atoms with van der Waals surface area (Å²) in [4.78, 5) is 0. The average molecular weight is 234 g/mol. The lowest BCUT2D eigenvalue weighted by Crippen LogP contribution is -2.43. The molecule has 0 atom stereocenters. The summed E-state index contributed by atoms with van der Waals surface area (Å²) in [6.07, 6.45) is 0.